The number of likely N-dealkylation sites (tertiary alicyclic amines) is 1. The first-order chi connectivity index (χ1) is 10.1. The van der Waals surface area contributed by atoms with Crippen LogP contribution in [0.5, 0.6) is 0 Å². The van der Waals surface area contributed by atoms with Crippen LogP contribution in [0.1, 0.15) is 30.3 Å². The first-order valence-electron chi connectivity index (χ1n) is 7.30. The fourth-order valence-corrected chi connectivity index (χ4v) is 3.33. The van der Waals surface area contributed by atoms with E-state index in [9.17, 15) is 9.90 Å². The number of piperidine rings is 1. The molecule has 21 heavy (non-hydrogen) atoms. The van der Waals surface area contributed by atoms with Gasteiger partial charge in [-0.3, -0.25) is 4.79 Å². The highest BCUT2D eigenvalue weighted by Gasteiger charge is 2.32. The maximum atomic E-state index is 12.7. The number of aromatic nitrogens is 1. The van der Waals surface area contributed by atoms with Gasteiger partial charge in [0.1, 0.15) is 5.69 Å². The van der Waals surface area contributed by atoms with E-state index in [4.69, 9.17) is 11.6 Å². The number of amides is 1. The molecule has 1 amide bonds. The fourth-order valence-electron chi connectivity index (χ4n) is 3.15. The zero-order valence-corrected chi connectivity index (χ0v) is 12.7. The topological polar surface area (TPSA) is 56.3 Å². The van der Waals surface area contributed by atoms with Crippen molar-refractivity contribution in [3.8, 4) is 0 Å². The Morgan fingerprint density at radius 1 is 1.48 bits per heavy atom. The standard InChI is InChI=1S/C16H19ClN2O2/c1-10-3-2-6-19(15(10)9-20)16(21)14-8-11-7-12(17)4-5-13(11)18-14/h4-5,7-8,10,15,18,20H,2-3,6,9H2,1H3. The first-order valence-corrected chi connectivity index (χ1v) is 7.68. The number of H-pyrrole nitrogens is 1. The van der Waals surface area contributed by atoms with Gasteiger partial charge in [-0.1, -0.05) is 18.5 Å². The molecule has 1 aliphatic heterocycles. The van der Waals surface area contributed by atoms with Crippen molar-refractivity contribution in [2.75, 3.05) is 13.2 Å². The summed E-state index contributed by atoms with van der Waals surface area (Å²) >= 11 is 5.98. The van der Waals surface area contributed by atoms with Crippen molar-refractivity contribution in [3.63, 3.8) is 0 Å². The van der Waals surface area contributed by atoms with Crippen LogP contribution in [0, 0.1) is 5.92 Å². The second-order valence-corrected chi connectivity index (χ2v) is 6.22. The minimum Gasteiger partial charge on any atom is -0.394 e. The number of carbonyl (C=O) groups is 1. The molecule has 0 saturated carbocycles. The number of hydrogen-bond donors (Lipinski definition) is 2. The van der Waals surface area contributed by atoms with Crippen molar-refractivity contribution < 1.29 is 9.90 Å². The molecule has 112 valence electrons. The Balaban J connectivity index is 1.92. The summed E-state index contributed by atoms with van der Waals surface area (Å²) in [6, 6.07) is 7.25. The molecule has 2 unspecified atom stereocenters. The normalized spacial score (nSPS) is 22.7. The van der Waals surface area contributed by atoms with Crippen LogP contribution in [0.25, 0.3) is 10.9 Å². The molecule has 0 aliphatic carbocycles. The smallest absolute Gasteiger partial charge is 0.270 e. The largest absolute Gasteiger partial charge is 0.394 e. The van der Waals surface area contributed by atoms with E-state index in [0.29, 0.717) is 23.2 Å². The van der Waals surface area contributed by atoms with Crippen molar-refractivity contribution in [1.82, 2.24) is 9.88 Å². The second kappa shape index (κ2) is 5.70. The Morgan fingerprint density at radius 2 is 2.29 bits per heavy atom. The quantitative estimate of drug-likeness (QED) is 0.896. The molecule has 4 nitrogen and oxygen atoms in total. The predicted molar refractivity (Wildman–Crippen MR) is 83.6 cm³/mol. The number of carbonyl (C=O) groups excluding carboxylic acids is 1. The molecule has 0 spiro atoms. The third-order valence-corrected chi connectivity index (χ3v) is 4.61. The molecule has 2 heterocycles. The average molecular weight is 307 g/mol. The molecule has 1 aliphatic rings. The summed E-state index contributed by atoms with van der Waals surface area (Å²) in [5.74, 6) is 0.277. The summed E-state index contributed by atoms with van der Waals surface area (Å²) in [6.07, 6.45) is 2.03. The molecule has 2 aromatic rings. The van der Waals surface area contributed by atoms with Crippen LogP contribution in [-0.4, -0.2) is 40.1 Å². The summed E-state index contributed by atoms with van der Waals surface area (Å²) in [5.41, 5.74) is 1.45. The predicted octanol–water partition coefficient (Wildman–Crippen LogP) is 3.05. The summed E-state index contributed by atoms with van der Waals surface area (Å²) in [5, 5.41) is 11.2. The van der Waals surface area contributed by atoms with E-state index in [0.717, 1.165) is 23.7 Å². The number of nitrogens with zero attached hydrogens (tertiary/aromatic N) is 1. The number of aromatic amines is 1. The number of aliphatic hydroxyl groups excluding tert-OH is 1. The summed E-state index contributed by atoms with van der Waals surface area (Å²) < 4.78 is 0. The van der Waals surface area contributed by atoms with Gasteiger partial charge < -0.3 is 15.0 Å². The molecule has 2 atom stereocenters. The molecule has 0 radical (unpaired) electrons. The molecule has 5 heteroatoms. The number of rotatable bonds is 2. The van der Waals surface area contributed by atoms with Crippen molar-refractivity contribution in [3.05, 3.63) is 35.0 Å². The number of halogens is 1. The van der Waals surface area contributed by atoms with Crippen LogP contribution in [0.3, 0.4) is 0 Å². The molecule has 3 rings (SSSR count). The monoisotopic (exact) mass is 306 g/mol. The van der Waals surface area contributed by atoms with Gasteiger partial charge in [0, 0.05) is 22.5 Å². The third kappa shape index (κ3) is 2.65. The first kappa shape index (κ1) is 14.4. The van der Waals surface area contributed by atoms with Gasteiger partial charge in [0.25, 0.3) is 5.91 Å². The van der Waals surface area contributed by atoms with Crippen molar-refractivity contribution in [1.29, 1.82) is 0 Å². The van der Waals surface area contributed by atoms with Gasteiger partial charge in [-0.05, 0) is 43.0 Å². The van der Waals surface area contributed by atoms with E-state index >= 15 is 0 Å². The van der Waals surface area contributed by atoms with Crippen molar-refractivity contribution >= 4 is 28.4 Å². The van der Waals surface area contributed by atoms with Crippen LogP contribution in [-0.2, 0) is 0 Å². The van der Waals surface area contributed by atoms with Gasteiger partial charge in [0.2, 0.25) is 0 Å². The Hall–Kier alpha value is -1.52. The van der Waals surface area contributed by atoms with Crippen LogP contribution in [0.4, 0.5) is 0 Å². The molecular formula is C16H19ClN2O2. The highest BCUT2D eigenvalue weighted by molar-refractivity contribution is 6.31. The SMILES string of the molecule is CC1CCCN(C(=O)c2cc3cc(Cl)ccc3[nH]2)C1CO. The molecule has 1 aromatic carbocycles. The van der Waals surface area contributed by atoms with Crippen LogP contribution < -0.4 is 0 Å². The Bertz CT molecular complexity index is 667. The lowest BCUT2D eigenvalue weighted by molar-refractivity contribution is 0.0354. The van der Waals surface area contributed by atoms with E-state index < -0.39 is 0 Å². The maximum Gasteiger partial charge on any atom is 0.270 e. The molecule has 0 bridgehead atoms. The molecule has 1 aromatic heterocycles. The van der Waals surface area contributed by atoms with E-state index in [2.05, 4.69) is 11.9 Å². The lowest BCUT2D eigenvalue weighted by Gasteiger charge is -2.38. The Labute approximate surface area is 128 Å². The highest BCUT2D eigenvalue weighted by atomic mass is 35.5. The van der Waals surface area contributed by atoms with E-state index in [1.807, 2.05) is 18.2 Å². The summed E-state index contributed by atoms with van der Waals surface area (Å²) in [6.45, 7) is 2.80. The van der Waals surface area contributed by atoms with Gasteiger partial charge in [-0.15, -0.1) is 0 Å². The fraction of sp³-hybridized carbons (Fsp3) is 0.438. The third-order valence-electron chi connectivity index (χ3n) is 4.38. The van der Waals surface area contributed by atoms with Gasteiger partial charge >= 0.3 is 0 Å². The Kier molecular flexibility index (Phi) is 3.91. The average Bonchev–Trinajstić information content (AvgIpc) is 2.89. The summed E-state index contributed by atoms with van der Waals surface area (Å²) in [4.78, 5) is 17.7. The number of aliphatic hydroxyl groups is 1. The second-order valence-electron chi connectivity index (χ2n) is 5.78. The number of benzene rings is 1. The van der Waals surface area contributed by atoms with Crippen LogP contribution in [0.15, 0.2) is 24.3 Å². The minimum absolute atomic E-state index is 0.0129. The van der Waals surface area contributed by atoms with Crippen LogP contribution >= 0.6 is 11.6 Å². The minimum atomic E-state index is -0.0961. The van der Waals surface area contributed by atoms with Crippen LogP contribution in [0.2, 0.25) is 5.02 Å². The molecule has 1 fully saturated rings. The Morgan fingerprint density at radius 3 is 3.05 bits per heavy atom. The number of hydrogen-bond acceptors (Lipinski definition) is 2. The number of nitrogens with one attached hydrogen (secondary N) is 1. The maximum absolute atomic E-state index is 12.7. The number of fused-ring (bicyclic) bond motifs is 1. The molecular weight excluding hydrogens is 288 g/mol. The zero-order chi connectivity index (χ0) is 15.0. The lowest BCUT2D eigenvalue weighted by atomic mass is 9.91. The molecule has 1 saturated heterocycles. The lowest BCUT2D eigenvalue weighted by Crippen LogP contribution is -2.49. The highest BCUT2D eigenvalue weighted by Crippen LogP contribution is 2.26. The van der Waals surface area contributed by atoms with Crippen molar-refractivity contribution in [2.24, 2.45) is 5.92 Å². The molecule has 2 N–H and O–H groups in total. The van der Waals surface area contributed by atoms with Gasteiger partial charge in [-0.25, -0.2) is 0 Å². The van der Waals surface area contributed by atoms with Gasteiger partial charge in [-0.2, -0.15) is 0 Å². The van der Waals surface area contributed by atoms with Gasteiger partial charge in [0.05, 0.1) is 12.6 Å². The van der Waals surface area contributed by atoms with E-state index in [1.165, 1.54) is 0 Å². The van der Waals surface area contributed by atoms with Gasteiger partial charge in [0.15, 0.2) is 0 Å². The van der Waals surface area contributed by atoms with E-state index in [1.54, 1.807) is 11.0 Å². The van der Waals surface area contributed by atoms with E-state index in [-0.39, 0.29) is 18.6 Å². The van der Waals surface area contributed by atoms with Crippen molar-refractivity contribution in [2.45, 2.75) is 25.8 Å². The summed E-state index contributed by atoms with van der Waals surface area (Å²) in [7, 11) is 0. The zero-order valence-electron chi connectivity index (χ0n) is 12.0.